The molecule has 0 heterocycles. The van der Waals surface area contributed by atoms with Crippen molar-refractivity contribution in [3.63, 3.8) is 0 Å². The van der Waals surface area contributed by atoms with Crippen LogP contribution in [0.2, 0.25) is 0 Å². The van der Waals surface area contributed by atoms with Crippen LogP contribution in [0, 0.1) is 5.41 Å². The van der Waals surface area contributed by atoms with Crippen LogP contribution in [0.25, 0.3) is 0 Å². The third-order valence-electron chi connectivity index (χ3n) is 3.26. The first kappa shape index (κ1) is 15.3. The molecule has 106 valence electrons. The summed E-state index contributed by atoms with van der Waals surface area (Å²) in [5, 5.41) is 11.7. The van der Waals surface area contributed by atoms with Gasteiger partial charge in [0.25, 0.3) is 0 Å². The number of oxime groups is 1. The molecule has 0 aromatic heterocycles. The van der Waals surface area contributed by atoms with Gasteiger partial charge in [-0.1, -0.05) is 44.5 Å². The van der Waals surface area contributed by atoms with Crippen LogP contribution in [0.1, 0.15) is 39.2 Å². The van der Waals surface area contributed by atoms with Gasteiger partial charge in [0.1, 0.15) is 11.6 Å². The average Bonchev–Trinajstić information content (AvgIpc) is 2.40. The summed E-state index contributed by atoms with van der Waals surface area (Å²) in [5.41, 5.74) is 6.59. The van der Waals surface area contributed by atoms with Gasteiger partial charge in [-0.15, -0.1) is 0 Å². The van der Waals surface area contributed by atoms with Crippen molar-refractivity contribution in [2.45, 2.75) is 40.0 Å². The third-order valence-corrected chi connectivity index (χ3v) is 3.26. The van der Waals surface area contributed by atoms with Crippen molar-refractivity contribution in [3.05, 3.63) is 29.8 Å². The second-order valence-corrected chi connectivity index (χ2v) is 5.36. The zero-order valence-corrected chi connectivity index (χ0v) is 12.0. The molecule has 1 rings (SSSR count). The van der Waals surface area contributed by atoms with Crippen LogP contribution in [-0.4, -0.2) is 17.6 Å². The van der Waals surface area contributed by atoms with Crippen molar-refractivity contribution < 1.29 is 9.94 Å². The highest BCUT2D eigenvalue weighted by Gasteiger charge is 2.23. The molecule has 0 radical (unpaired) electrons. The molecule has 0 atom stereocenters. The van der Waals surface area contributed by atoms with Crippen LogP contribution in [0.3, 0.4) is 0 Å². The van der Waals surface area contributed by atoms with Crippen molar-refractivity contribution in [2.24, 2.45) is 16.3 Å². The zero-order chi connectivity index (χ0) is 14.3. The molecule has 0 amide bonds. The van der Waals surface area contributed by atoms with Crippen molar-refractivity contribution in [1.29, 1.82) is 0 Å². The van der Waals surface area contributed by atoms with Gasteiger partial charge in [-0.05, 0) is 30.5 Å². The fraction of sp³-hybridized carbons (Fsp3) is 0.533. The molecule has 1 aromatic rings. The molecule has 0 aliphatic carbocycles. The van der Waals surface area contributed by atoms with Crippen molar-refractivity contribution in [3.8, 4) is 5.75 Å². The number of amidine groups is 1. The highest BCUT2D eigenvalue weighted by Crippen LogP contribution is 2.21. The van der Waals surface area contributed by atoms with Crippen LogP contribution >= 0.6 is 0 Å². The highest BCUT2D eigenvalue weighted by atomic mass is 16.5. The monoisotopic (exact) mass is 264 g/mol. The van der Waals surface area contributed by atoms with Gasteiger partial charge in [0.2, 0.25) is 0 Å². The Hall–Kier alpha value is -1.71. The van der Waals surface area contributed by atoms with Gasteiger partial charge in [0.05, 0.1) is 6.61 Å². The summed E-state index contributed by atoms with van der Waals surface area (Å²) in [6.07, 6.45) is 2.94. The summed E-state index contributed by atoms with van der Waals surface area (Å²) in [4.78, 5) is 0. The molecular weight excluding hydrogens is 240 g/mol. The molecule has 3 N–H and O–H groups in total. The molecule has 0 fully saturated rings. The van der Waals surface area contributed by atoms with E-state index < -0.39 is 0 Å². The van der Waals surface area contributed by atoms with Crippen molar-refractivity contribution in [2.75, 3.05) is 6.61 Å². The molecule has 0 bridgehead atoms. The standard InChI is InChI=1S/C15H24N2O2/c1-4-5-12-6-8-13(9-7-12)19-11-10-15(2,3)14(16)17-18/h6-9,18H,4-5,10-11H2,1-3H3,(H2,16,17). The molecule has 1 aromatic carbocycles. The van der Waals surface area contributed by atoms with Gasteiger partial charge in [-0.3, -0.25) is 0 Å². The van der Waals surface area contributed by atoms with Gasteiger partial charge in [-0.25, -0.2) is 0 Å². The Labute approximate surface area is 115 Å². The summed E-state index contributed by atoms with van der Waals surface area (Å²) < 4.78 is 5.68. The third kappa shape index (κ3) is 4.81. The maximum atomic E-state index is 8.69. The summed E-state index contributed by atoms with van der Waals surface area (Å²) in [5.74, 6) is 1.09. The summed E-state index contributed by atoms with van der Waals surface area (Å²) in [6.45, 7) is 6.56. The minimum Gasteiger partial charge on any atom is -0.494 e. The number of rotatable bonds is 7. The first-order chi connectivity index (χ1) is 8.99. The van der Waals surface area contributed by atoms with E-state index in [1.54, 1.807) is 0 Å². The number of benzene rings is 1. The molecular formula is C15H24N2O2. The molecule has 0 spiro atoms. The van der Waals surface area contributed by atoms with Crippen LogP contribution in [0.5, 0.6) is 5.75 Å². The lowest BCUT2D eigenvalue weighted by molar-refractivity contribution is 0.259. The maximum Gasteiger partial charge on any atom is 0.144 e. The summed E-state index contributed by atoms with van der Waals surface area (Å²) in [6, 6.07) is 8.16. The Morgan fingerprint density at radius 3 is 2.47 bits per heavy atom. The van der Waals surface area contributed by atoms with Crippen LogP contribution < -0.4 is 10.5 Å². The average molecular weight is 264 g/mol. The van der Waals surface area contributed by atoms with Gasteiger partial charge in [0, 0.05) is 5.41 Å². The molecule has 0 saturated heterocycles. The SMILES string of the molecule is CCCc1ccc(OCCC(C)(C)C(N)=NO)cc1. The Kier molecular flexibility index (Phi) is 5.67. The summed E-state index contributed by atoms with van der Waals surface area (Å²) >= 11 is 0. The topological polar surface area (TPSA) is 67.8 Å². The predicted octanol–water partition coefficient (Wildman–Crippen LogP) is 3.18. The molecule has 0 saturated carbocycles. The predicted molar refractivity (Wildman–Crippen MR) is 77.7 cm³/mol. The van der Waals surface area contributed by atoms with Gasteiger partial charge >= 0.3 is 0 Å². The van der Waals surface area contributed by atoms with Crippen LogP contribution in [0.4, 0.5) is 0 Å². The van der Waals surface area contributed by atoms with E-state index in [1.807, 2.05) is 26.0 Å². The molecule has 4 nitrogen and oxygen atoms in total. The van der Waals surface area contributed by atoms with Gasteiger partial charge in [-0.2, -0.15) is 0 Å². The normalized spacial score (nSPS) is 12.5. The first-order valence-corrected chi connectivity index (χ1v) is 6.69. The van der Waals surface area contributed by atoms with Crippen LogP contribution in [-0.2, 0) is 6.42 Å². The number of hydrogen-bond donors (Lipinski definition) is 2. The Balaban J connectivity index is 2.45. The molecule has 0 aliphatic rings. The fourth-order valence-corrected chi connectivity index (χ4v) is 1.73. The van der Waals surface area contributed by atoms with E-state index in [0.717, 1.165) is 18.6 Å². The number of ether oxygens (including phenoxy) is 1. The molecule has 0 aliphatic heterocycles. The van der Waals surface area contributed by atoms with E-state index in [9.17, 15) is 0 Å². The number of aryl methyl sites for hydroxylation is 1. The second-order valence-electron chi connectivity index (χ2n) is 5.36. The zero-order valence-electron chi connectivity index (χ0n) is 12.0. The largest absolute Gasteiger partial charge is 0.494 e. The maximum absolute atomic E-state index is 8.69. The first-order valence-electron chi connectivity index (χ1n) is 6.69. The van der Waals surface area contributed by atoms with Gasteiger partial charge in [0.15, 0.2) is 0 Å². The van der Waals surface area contributed by atoms with E-state index in [0.29, 0.717) is 13.0 Å². The van der Waals surface area contributed by atoms with Crippen molar-refractivity contribution in [1.82, 2.24) is 0 Å². The molecule has 4 heteroatoms. The number of hydrogen-bond acceptors (Lipinski definition) is 3. The van der Waals surface area contributed by atoms with Crippen LogP contribution in [0.15, 0.2) is 29.4 Å². The fourth-order valence-electron chi connectivity index (χ4n) is 1.73. The Bertz CT molecular complexity index is 411. The summed E-state index contributed by atoms with van der Waals surface area (Å²) in [7, 11) is 0. The van der Waals surface area contributed by atoms with Gasteiger partial charge < -0.3 is 15.7 Å². The quantitative estimate of drug-likeness (QED) is 0.344. The van der Waals surface area contributed by atoms with E-state index in [1.165, 1.54) is 5.56 Å². The lowest BCUT2D eigenvalue weighted by Crippen LogP contribution is -2.33. The van der Waals surface area contributed by atoms with Crippen molar-refractivity contribution >= 4 is 5.84 Å². The Morgan fingerprint density at radius 1 is 1.32 bits per heavy atom. The molecule has 0 unspecified atom stereocenters. The minimum atomic E-state index is -0.364. The lowest BCUT2D eigenvalue weighted by atomic mass is 9.88. The van der Waals surface area contributed by atoms with E-state index in [-0.39, 0.29) is 11.3 Å². The highest BCUT2D eigenvalue weighted by molar-refractivity contribution is 5.85. The molecule has 19 heavy (non-hydrogen) atoms. The van der Waals surface area contributed by atoms with E-state index >= 15 is 0 Å². The Morgan fingerprint density at radius 2 is 1.95 bits per heavy atom. The smallest absolute Gasteiger partial charge is 0.144 e. The second kappa shape index (κ2) is 7.02. The number of nitrogens with zero attached hydrogens (tertiary/aromatic N) is 1. The van der Waals surface area contributed by atoms with E-state index in [2.05, 4.69) is 24.2 Å². The lowest BCUT2D eigenvalue weighted by Gasteiger charge is -2.22. The van der Waals surface area contributed by atoms with E-state index in [4.69, 9.17) is 15.7 Å². The minimum absolute atomic E-state index is 0.231. The number of nitrogens with two attached hydrogens (primary N) is 1.